The molecule has 0 atom stereocenters. The van der Waals surface area contributed by atoms with E-state index in [1.165, 1.54) is 5.56 Å². The van der Waals surface area contributed by atoms with Crippen LogP contribution in [0.15, 0.2) is 47.6 Å². The second-order valence-electron chi connectivity index (χ2n) is 7.71. The number of hydrogen-bond acceptors (Lipinski definition) is 4. The van der Waals surface area contributed by atoms with E-state index in [0.717, 1.165) is 22.6 Å². The van der Waals surface area contributed by atoms with Crippen LogP contribution < -0.4 is 14.9 Å². The summed E-state index contributed by atoms with van der Waals surface area (Å²) in [5, 5.41) is 4.23. The fourth-order valence-corrected chi connectivity index (χ4v) is 2.84. The molecule has 0 saturated heterocycles. The maximum absolute atomic E-state index is 12.2. The van der Waals surface area contributed by atoms with Gasteiger partial charge in [-0.1, -0.05) is 51.1 Å². The zero-order valence-corrected chi connectivity index (χ0v) is 16.3. The minimum absolute atomic E-state index is 0.113. The van der Waals surface area contributed by atoms with Gasteiger partial charge in [-0.25, -0.2) is 5.43 Å². The van der Waals surface area contributed by atoms with E-state index in [9.17, 15) is 4.79 Å². The Morgan fingerprint density at radius 3 is 2.37 bits per heavy atom. The molecular weight excluding hydrogens is 340 g/mol. The largest absolute Gasteiger partial charge is 0.486 e. The molecule has 2 aromatic rings. The van der Waals surface area contributed by atoms with Gasteiger partial charge in [-0.3, -0.25) is 4.79 Å². The third-order valence-electron chi connectivity index (χ3n) is 4.49. The molecule has 1 N–H and O–H groups in total. The first-order chi connectivity index (χ1) is 12.8. The Morgan fingerprint density at radius 1 is 1.04 bits per heavy atom. The minimum atomic E-state index is -0.169. The Labute approximate surface area is 160 Å². The second kappa shape index (κ2) is 7.82. The number of hydrazone groups is 1. The zero-order chi connectivity index (χ0) is 19.4. The number of amides is 1. The molecule has 1 aliphatic rings. The first-order valence-corrected chi connectivity index (χ1v) is 9.15. The van der Waals surface area contributed by atoms with E-state index in [1.54, 1.807) is 0 Å². The summed E-state index contributed by atoms with van der Waals surface area (Å²) < 4.78 is 11.0. The average Bonchev–Trinajstić information content (AvgIpc) is 2.65. The van der Waals surface area contributed by atoms with Crippen LogP contribution in [0.5, 0.6) is 11.5 Å². The van der Waals surface area contributed by atoms with Gasteiger partial charge in [0.05, 0.1) is 12.1 Å². The van der Waals surface area contributed by atoms with Crippen molar-refractivity contribution in [2.45, 2.75) is 39.5 Å². The van der Waals surface area contributed by atoms with Crippen molar-refractivity contribution in [3.8, 4) is 11.5 Å². The van der Waals surface area contributed by atoms with Crippen molar-refractivity contribution in [1.29, 1.82) is 0 Å². The summed E-state index contributed by atoms with van der Waals surface area (Å²) in [6.45, 7) is 9.51. The summed E-state index contributed by atoms with van der Waals surface area (Å²) in [4.78, 5) is 12.2. The maximum Gasteiger partial charge on any atom is 0.244 e. The number of hydrogen-bond donors (Lipinski definition) is 1. The van der Waals surface area contributed by atoms with Crippen LogP contribution >= 0.6 is 0 Å². The zero-order valence-electron chi connectivity index (χ0n) is 16.3. The van der Waals surface area contributed by atoms with Crippen molar-refractivity contribution < 1.29 is 14.3 Å². The SMILES string of the molecule is C/C(=N/NC(=O)Cc1ccc2c(c1)OCCO2)c1ccc(C(C)(C)C)cc1. The highest BCUT2D eigenvalue weighted by Crippen LogP contribution is 2.30. The number of nitrogens with one attached hydrogen (secondary N) is 1. The minimum Gasteiger partial charge on any atom is -0.486 e. The van der Waals surface area contributed by atoms with Crippen LogP contribution in [0.25, 0.3) is 0 Å². The van der Waals surface area contributed by atoms with Crippen LogP contribution in [0.3, 0.4) is 0 Å². The summed E-state index contributed by atoms with van der Waals surface area (Å²) in [5.41, 5.74) is 6.63. The van der Waals surface area contributed by atoms with Gasteiger partial charge < -0.3 is 9.47 Å². The van der Waals surface area contributed by atoms with Gasteiger partial charge in [0.2, 0.25) is 5.91 Å². The van der Waals surface area contributed by atoms with Crippen LogP contribution in [-0.2, 0) is 16.6 Å². The summed E-state index contributed by atoms with van der Waals surface area (Å²) >= 11 is 0. The molecule has 1 aliphatic heterocycles. The van der Waals surface area contributed by atoms with E-state index in [0.29, 0.717) is 19.0 Å². The summed E-state index contributed by atoms with van der Waals surface area (Å²) in [6, 6.07) is 13.8. The van der Waals surface area contributed by atoms with E-state index in [4.69, 9.17) is 9.47 Å². The quantitative estimate of drug-likeness (QED) is 0.661. The Kier molecular flexibility index (Phi) is 5.49. The third-order valence-corrected chi connectivity index (χ3v) is 4.49. The number of nitrogens with zero attached hydrogens (tertiary/aromatic N) is 1. The molecular formula is C22H26N2O3. The van der Waals surface area contributed by atoms with Crippen LogP contribution in [0, 0.1) is 0 Å². The van der Waals surface area contributed by atoms with Gasteiger partial charge in [0, 0.05) is 0 Å². The highest BCUT2D eigenvalue weighted by molar-refractivity contribution is 5.99. The van der Waals surface area contributed by atoms with E-state index in [2.05, 4.69) is 43.4 Å². The standard InChI is InChI=1S/C22H26N2O3/c1-15(17-6-8-18(9-7-17)22(2,3)4)23-24-21(25)14-16-5-10-19-20(13-16)27-12-11-26-19/h5-10,13H,11-12,14H2,1-4H3,(H,24,25)/b23-15-. The molecule has 5 nitrogen and oxygen atoms in total. The smallest absolute Gasteiger partial charge is 0.244 e. The van der Waals surface area contributed by atoms with Crippen molar-refractivity contribution in [1.82, 2.24) is 5.43 Å². The van der Waals surface area contributed by atoms with Crippen LogP contribution in [0.4, 0.5) is 0 Å². The van der Waals surface area contributed by atoms with Gasteiger partial charge in [0.15, 0.2) is 11.5 Å². The summed E-state index contributed by atoms with van der Waals surface area (Å²) in [6.07, 6.45) is 0.233. The lowest BCUT2D eigenvalue weighted by Crippen LogP contribution is -2.21. The van der Waals surface area contributed by atoms with Crippen molar-refractivity contribution in [3.05, 3.63) is 59.2 Å². The topological polar surface area (TPSA) is 59.9 Å². The molecule has 0 bridgehead atoms. The van der Waals surface area contributed by atoms with Crippen LogP contribution in [0.1, 0.15) is 44.4 Å². The monoisotopic (exact) mass is 366 g/mol. The van der Waals surface area contributed by atoms with Crippen LogP contribution in [-0.4, -0.2) is 24.8 Å². The molecule has 5 heteroatoms. The summed E-state index contributed by atoms with van der Waals surface area (Å²) in [7, 11) is 0. The van der Waals surface area contributed by atoms with Gasteiger partial charge in [-0.2, -0.15) is 5.10 Å². The molecule has 0 aromatic heterocycles. The van der Waals surface area contributed by atoms with E-state index >= 15 is 0 Å². The van der Waals surface area contributed by atoms with E-state index < -0.39 is 0 Å². The molecule has 0 unspecified atom stereocenters. The molecule has 0 fully saturated rings. The fraction of sp³-hybridized carbons (Fsp3) is 0.364. The van der Waals surface area contributed by atoms with E-state index in [-0.39, 0.29) is 17.7 Å². The molecule has 0 radical (unpaired) electrons. The van der Waals surface area contributed by atoms with Crippen LogP contribution in [0.2, 0.25) is 0 Å². The number of rotatable bonds is 4. The van der Waals surface area contributed by atoms with Gasteiger partial charge >= 0.3 is 0 Å². The number of ether oxygens (including phenoxy) is 2. The van der Waals surface area contributed by atoms with Gasteiger partial charge in [-0.05, 0) is 41.2 Å². The highest BCUT2D eigenvalue weighted by Gasteiger charge is 2.14. The predicted molar refractivity (Wildman–Crippen MR) is 107 cm³/mol. The molecule has 3 rings (SSSR count). The Balaban J connectivity index is 1.60. The van der Waals surface area contributed by atoms with Gasteiger partial charge in [0.25, 0.3) is 0 Å². The molecule has 0 spiro atoms. The molecule has 0 saturated carbocycles. The lowest BCUT2D eigenvalue weighted by Gasteiger charge is -2.19. The number of fused-ring (bicyclic) bond motifs is 1. The highest BCUT2D eigenvalue weighted by atomic mass is 16.6. The lowest BCUT2D eigenvalue weighted by atomic mass is 9.86. The van der Waals surface area contributed by atoms with E-state index in [1.807, 2.05) is 37.3 Å². The molecule has 2 aromatic carbocycles. The molecule has 142 valence electrons. The molecule has 1 amide bonds. The van der Waals surface area contributed by atoms with Crippen molar-refractivity contribution in [2.75, 3.05) is 13.2 Å². The van der Waals surface area contributed by atoms with Gasteiger partial charge in [-0.15, -0.1) is 0 Å². The fourth-order valence-electron chi connectivity index (χ4n) is 2.84. The number of benzene rings is 2. The van der Waals surface area contributed by atoms with Crippen molar-refractivity contribution in [3.63, 3.8) is 0 Å². The van der Waals surface area contributed by atoms with Crippen molar-refractivity contribution in [2.24, 2.45) is 5.10 Å². The third kappa shape index (κ3) is 4.88. The molecule has 0 aliphatic carbocycles. The van der Waals surface area contributed by atoms with Gasteiger partial charge in [0.1, 0.15) is 13.2 Å². The van der Waals surface area contributed by atoms with Crippen molar-refractivity contribution >= 4 is 11.6 Å². The molecule has 1 heterocycles. The number of carbonyl (C=O) groups is 1. The Bertz CT molecular complexity index is 849. The first kappa shape index (κ1) is 19.0. The first-order valence-electron chi connectivity index (χ1n) is 9.15. The second-order valence-corrected chi connectivity index (χ2v) is 7.71. The Morgan fingerprint density at radius 2 is 1.70 bits per heavy atom. The number of carbonyl (C=O) groups excluding carboxylic acids is 1. The predicted octanol–water partition coefficient (Wildman–Crippen LogP) is 3.84. The normalized spacial score (nSPS) is 14.0. The average molecular weight is 366 g/mol. The molecule has 27 heavy (non-hydrogen) atoms. The maximum atomic E-state index is 12.2. The summed E-state index contributed by atoms with van der Waals surface area (Å²) in [5.74, 6) is 1.24. The Hall–Kier alpha value is -2.82. The lowest BCUT2D eigenvalue weighted by molar-refractivity contribution is -0.120.